The second-order valence-electron chi connectivity index (χ2n) is 7.72. The predicted molar refractivity (Wildman–Crippen MR) is 118 cm³/mol. The molecule has 1 fully saturated rings. The number of nitrogens with zero attached hydrogens (tertiary/aromatic N) is 4. The molecule has 3 aromatic rings. The highest BCUT2D eigenvalue weighted by molar-refractivity contribution is 7.89. The van der Waals surface area contributed by atoms with E-state index in [1.54, 1.807) is 9.47 Å². The minimum absolute atomic E-state index is 0.0644. The van der Waals surface area contributed by atoms with Crippen LogP contribution in [0.4, 0.5) is 4.39 Å². The summed E-state index contributed by atoms with van der Waals surface area (Å²) in [5, 5.41) is 0. The van der Waals surface area contributed by atoms with Crippen LogP contribution in [0.3, 0.4) is 0 Å². The van der Waals surface area contributed by atoms with Gasteiger partial charge in [-0.2, -0.15) is 4.31 Å². The number of aromatic nitrogens is 2. The molecule has 2 heterocycles. The van der Waals surface area contributed by atoms with Gasteiger partial charge >= 0.3 is 5.69 Å². The average molecular weight is 461 g/mol. The van der Waals surface area contributed by atoms with E-state index in [1.165, 1.54) is 27.1 Å². The molecule has 8 nitrogen and oxygen atoms in total. The number of amides is 1. The van der Waals surface area contributed by atoms with Crippen molar-refractivity contribution in [3.05, 3.63) is 64.8 Å². The zero-order chi connectivity index (χ0) is 22.9. The van der Waals surface area contributed by atoms with Crippen molar-refractivity contribution < 1.29 is 17.6 Å². The molecule has 0 bridgehead atoms. The normalized spacial score (nSPS) is 15.4. The fourth-order valence-electron chi connectivity index (χ4n) is 4.07. The van der Waals surface area contributed by atoms with Crippen LogP contribution in [-0.2, 0) is 27.9 Å². The van der Waals surface area contributed by atoms with Crippen LogP contribution < -0.4 is 5.69 Å². The van der Waals surface area contributed by atoms with Gasteiger partial charge in [-0.15, -0.1) is 0 Å². The Bertz CT molecular complexity index is 1310. The van der Waals surface area contributed by atoms with Gasteiger partial charge in [0.05, 0.1) is 11.0 Å². The maximum atomic E-state index is 14.0. The molecule has 0 unspecified atom stereocenters. The molecule has 0 atom stereocenters. The third kappa shape index (κ3) is 3.95. The lowest BCUT2D eigenvalue weighted by Crippen LogP contribution is -2.51. The monoisotopic (exact) mass is 460 g/mol. The fourth-order valence-corrected chi connectivity index (χ4v) is 5.56. The van der Waals surface area contributed by atoms with Gasteiger partial charge in [-0.1, -0.05) is 31.2 Å². The number of carbonyl (C=O) groups is 1. The first-order valence-corrected chi connectivity index (χ1v) is 12.0. The smallest absolute Gasteiger partial charge is 0.329 e. The summed E-state index contributed by atoms with van der Waals surface area (Å²) in [6.45, 7) is 2.91. The number of benzene rings is 2. The first-order chi connectivity index (χ1) is 15.3. The second kappa shape index (κ2) is 8.87. The van der Waals surface area contributed by atoms with Crippen molar-refractivity contribution in [1.29, 1.82) is 0 Å². The molecular weight excluding hydrogens is 435 g/mol. The van der Waals surface area contributed by atoms with E-state index in [4.69, 9.17) is 0 Å². The number of piperazine rings is 1. The Labute approximate surface area is 185 Å². The third-order valence-electron chi connectivity index (χ3n) is 5.71. The van der Waals surface area contributed by atoms with E-state index in [0.717, 1.165) is 18.0 Å². The molecule has 2 aromatic carbocycles. The fraction of sp³-hybridized carbons (Fsp3) is 0.364. The topological polar surface area (TPSA) is 84.6 Å². The van der Waals surface area contributed by atoms with E-state index in [0.29, 0.717) is 12.1 Å². The van der Waals surface area contributed by atoms with E-state index >= 15 is 0 Å². The number of hydrogen-bond donors (Lipinski definition) is 0. The molecular formula is C22H25FN4O4S. The number of sulfonamides is 1. The molecule has 0 saturated carbocycles. The summed E-state index contributed by atoms with van der Waals surface area (Å²) in [5.74, 6) is -1.05. The SMILES string of the molecule is CCCn1c(=O)n(CC(=O)N2CCN(S(=O)(=O)c3ccccc3F)CC2)c2ccccc21. The number of aryl methyl sites for hydroxylation is 1. The largest absolute Gasteiger partial charge is 0.338 e. The molecule has 32 heavy (non-hydrogen) atoms. The highest BCUT2D eigenvalue weighted by Crippen LogP contribution is 2.21. The highest BCUT2D eigenvalue weighted by Gasteiger charge is 2.32. The summed E-state index contributed by atoms with van der Waals surface area (Å²) in [5.41, 5.74) is 1.25. The van der Waals surface area contributed by atoms with E-state index in [-0.39, 0.29) is 49.2 Å². The molecule has 10 heteroatoms. The van der Waals surface area contributed by atoms with Crippen molar-refractivity contribution in [1.82, 2.24) is 18.3 Å². The van der Waals surface area contributed by atoms with Crippen molar-refractivity contribution in [3.63, 3.8) is 0 Å². The number of hydrogen-bond acceptors (Lipinski definition) is 4. The number of halogens is 1. The zero-order valence-corrected chi connectivity index (χ0v) is 18.6. The first kappa shape index (κ1) is 22.2. The summed E-state index contributed by atoms with van der Waals surface area (Å²) < 4.78 is 43.9. The molecule has 0 N–H and O–H groups in total. The lowest BCUT2D eigenvalue weighted by Gasteiger charge is -2.34. The van der Waals surface area contributed by atoms with Crippen LogP contribution in [0.2, 0.25) is 0 Å². The van der Waals surface area contributed by atoms with Crippen LogP contribution in [0.1, 0.15) is 13.3 Å². The Hall–Kier alpha value is -2.98. The number of carbonyl (C=O) groups excluding carboxylic acids is 1. The summed E-state index contributed by atoms with van der Waals surface area (Å²) in [6, 6.07) is 12.6. The summed E-state index contributed by atoms with van der Waals surface area (Å²) in [6.07, 6.45) is 0.792. The van der Waals surface area contributed by atoms with Crippen LogP contribution in [0.5, 0.6) is 0 Å². The van der Waals surface area contributed by atoms with Gasteiger partial charge in [0.2, 0.25) is 15.9 Å². The first-order valence-electron chi connectivity index (χ1n) is 10.5. The minimum atomic E-state index is -3.98. The van der Waals surface area contributed by atoms with Crippen molar-refractivity contribution in [2.45, 2.75) is 31.3 Å². The Morgan fingerprint density at radius 1 is 0.938 bits per heavy atom. The Morgan fingerprint density at radius 3 is 2.16 bits per heavy atom. The van der Waals surface area contributed by atoms with Gasteiger partial charge in [0.25, 0.3) is 0 Å². The number of rotatable bonds is 6. The average Bonchev–Trinajstić information content (AvgIpc) is 3.05. The van der Waals surface area contributed by atoms with Crippen molar-refractivity contribution >= 4 is 27.0 Å². The van der Waals surface area contributed by atoms with Crippen molar-refractivity contribution in [2.24, 2.45) is 0 Å². The maximum absolute atomic E-state index is 14.0. The van der Waals surface area contributed by atoms with Gasteiger partial charge in [0.1, 0.15) is 17.3 Å². The predicted octanol–water partition coefficient (Wildman–Crippen LogP) is 1.89. The number of imidazole rings is 1. The maximum Gasteiger partial charge on any atom is 0.329 e. The molecule has 0 spiro atoms. The van der Waals surface area contributed by atoms with Gasteiger partial charge in [-0.05, 0) is 30.7 Å². The molecule has 170 valence electrons. The summed E-state index contributed by atoms with van der Waals surface area (Å²) in [7, 11) is -3.98. The van der Waals surface area contributed by atoms with E-state index in [9.17, 15) is 22.4 Å². The number of para-hydroxylation sites is 2. The molecule has 4 rings (SSSR count). The van der Waals surface area contributed by atoms with Gasteiger partial charge in [-0.3, -0.25) is 13.9 Å². The van der Waals surface area contributed by atoms with E-state index in [1.807, 2.05) is 31.2 Å². The Balaban J connectivity index is 1.49. The van der Waals surface area contributed by atoms with Crippen molar-refractivity contribution in [2.75, 3.05) is 26.2 Å². The molecule has 1 aliphatic rings. The van der Waals surface area contributed by atoms with Crippen LogP contribution in [0, 0.1) is 5.82 Å². The minimum Gasteiger partial charge on any atom is -0.338 e. The lowest BCUT2D eigenvalue weighted by atomic mass is 10.3. The van der Waals surface area contributed by atoms with Gasteiger partial charge in [0.15, 0.2) is 0 Å². The third-order valence-corrected chi connectivity index (χ3v) is 7.64. The Morgan fingerprint density at radius 2 is 1.53 bits per heavy atom. The van der Waals surface area contributed by atoms with Gasteiger partial charge < -0.3 is 4.90 Å². The molecule has 1 aliphatic heterocycles. The summed E-state index contributed by atoms with van der Waals surface area (Å²) in [4.78, 5) is 27.0. The lowest BCUT2D eigenvalue weighted by molar-refractivity contribution is -0.133. The molecule has 1 saturated heterocycles. The van der Waals surface area contributed by atoms with E-state index < -0.39 is 15.8 Å². The van der Waals surface area contributed by atoms with Crippen molar-refractivity contribution in [3.8, 4) is 0 Å². The van der Waals surface area contributed by atoms with Crippen LogP contribution in [0.25, 0.3) is 11.0 Å². The second-order valence-corrected chi connectivity index (χ2v) is 9.63. The van der Waals surface area contributed by atoms with Gasteiger partial charge in [0, 0.05) is 32.7 Å². The molecule has 1 amide bonds. The molecule has 0 aliphatic carbocycles. The van der Waals surface area contributed by atoms with Gasteiger partial charge in [-0.25, -0.2) is 17.6 Å². The van der Waals surface area contributed by atoms with Crippen LogP contribution >= 0.6 is 0 Å². The number of fused-ring (bicyclic) bond motifs is 1. The van der Waals surface area contributed by atoms with Crippen LogP contribution in [0.15, 0.2) is 58.2 Å². The quantitative estimate of drug-likeness (QED) is 0.562. The standard InChI is InChI=1S/C22H25FN4O4S/c1-2-11-26-18-8-4-5-9-19(18)27(22(26)29)16-21(28)24-12-14-25(15-13-24)32(30,31)20-10-6-3-7-17(20)23/h3-10H,2,11-16H2,1H3. The van der Waals surface area contributed by atoms with E-state index in [2.05, 4.69) is 0 Å². The Kier molecular flexibility index (Phi) is 6.16. The summed E-state index contributed by atoms with van der Waals surface area (Å²) >= 11 is 0. The highest BCUT2D eigenvalue weighted by atomic mass is 32.2. The van der Waals surface area contributed by atoms with Crippen LogP contribution in [-0.4, -0.2) is 58.8 Å². The zero-order valence-electron chi connectivity index (χ0n) is 17.8. The molecule has 1 aromatic heterocycles. The molecule has 0 radical (unpaired) electrons.